The molecule has 1 heterocycles. The Morgan fingerprint density at radius 2 is 0.782 bits per heavy atom. The molecule has 0 N–H and O–H groups in total. The fraction of sp³-hybridized carbons (Fsp3) is 0.896. The molecule has 4 fully saturated rings. The highest BCUT2D eigenvalue weighted by Crippen LogP contribution is 2.37. The van der Waals surface area contributed by atoms with E-state index < -0.39 is 6.43 Å². The molecule has 0 saturated heterocycles. The van der Waals surface area contributed by atoms with E-state index in [0.29, 0.717) is 70.7 Å². The van der Waals surface area contributed by atoms with Crippen LogP contribution < -0.4 is 0 Å². The summed E-state index contributed by atoms with van der Waals surface area (Å²) < 4.78 is 43.4. The predicted molar refractivity (Wildman–Crippen MR) is 672 cm³/mol. The lowest BCUT2D eigenvalue weighted by Crippen LogP contribution is -2.30. The van der Waals surface area contributed by atoms with E-state index in [-0.39, 0.29) is 42.9 Å². The highest BCUT2D eigenvalue weighted by atomic mass is 32.2. The zero-order chi connectivity index (χ0) is 117. The fourth-order valence-corrected chi connectivity index (χ4v) is 14.8. The molecule has 0 unspecified atom stereocenters. The van der Waals surface area contributed by atoms with Crippen molar-refractivity contribution in [2.75, 3.05) is 54.0 Å². The van der Waals surface area contributed by atoms with Gasteiger partial charge in [0.1, 0.15) is 0 Å². The van der Waals surface area contributed by atoms with Crippen molar-refractivity contribution in [1.82, 2.24) is 9.88 Å². The van der Waals surface area contributed by atoms with Crippen molar-refractivity contribution < 1.29 is 42.1 Å². The van der Waals surface area contributed by atoms with Crippen molar-refractivity contribution in [3.8, 4) is 0 Å². The van der Waals surface area contributed by atoms with Gasteiger partial charge in [-0.25, -0.2) is 8.78 Å². The number of carbonyl (C=O) groups is 3. The molecule has 4 aliphatic carbocycles. The molecule has 147 heavy (non-hydrogen) atoms. The standard InChI is InChI=1S/C10H20.C9H13N.C9H18O2.C9H12.C8H17NO.C8H18O.C8H18S.C8H16.C7H14O2.C7H16O.C7H16S.C7H14.C7H16.C6H12F2.C6H12.2C6H14.C5H12.CH4/c1-9(2)8-10-6-4-3-5-7-10;1-8(2)6-9-4-3-5-10-7-9;1-8(2)6-4-5-7-9(10)11-3;1-8(2)9-6-4-3-5-7-9;1-7(2)5-6-8(10)9(3)4;2*1-6-9-8(4,5)7(2)3;1-7(2)8-5-3-4-6-8;1-6(2)4-5-7(8)9-3;2*1-6(2)7(3,4)8-5;1-6(2)7-4-3-5-7;1-4-5-6-7(2)3;1-5(2)3-4-6(7)8;1-5(2)6-3-4-6;2*1-4-5-6(2)3;1-4-5(2)3;/h9-10H,3-8H2,1-2H3;3-5,7-8H,6H2,1-2H3;8H,4-7H2,1-3H3;3-8H,1-2H3;7H,5-6H2,1-4H3;2*7H,6H2,1-5H3;7-8H,3-6H2,1-2H3;6H,4-5H2,1-3H3;2*6H,1-5H3;6-7H,3-5H2,1-2H3;7H,4-6H2,1-3H3;5-6H,3-4H2,1-2H3;5-6H,3-4H2,1-2H3;2*6H,4-5H2,1-3H3;5H,4H2,1-3H3;1H4. The van der Waals surface area contributed by atoms with Gasteiger partial charge in [-0.1, -0.05) is 497 Å². The first-order chi connectivity index (χ1) is 67.4. The van der Waals surface area contributed by atoms with Gasteiger partial charge in [0, 0.05) is 75.4 Å². The number of hydrogen-bond donors (Lipinski definition) is 0. The van der Waals surface area contributed by atoms with Crippen molar-refractivity contribution in [3.63, 3.8) is 0 Å². The second-order valence-electron chi connectivity index (χ2n) is 50.8. The Balaban J connectivity index is -0.000000118. The average molecular weight is 2130 g/mol. The molecule has 1 amide bonds. The molecule has 13 heteroatoms. The number of thioether (sulfide) groups is 2. The number of carbonyl (C=O) groups excluding carboxylic acids is 3. The lowest BCUT2D eigenvalue weighted by Gasteiger charge is -2.28. The summed E-state index contributed by atoms with van der Waals surface area (Å²) in [6.07, 6.45) is 45.9. The van der Waals surface area contributed by atoms with Crippen molar-refractivity contribution in [1.29, 1.82) is 0 Å². The molecule has 0 aliphatic heterocycles. The largest absolute Gasteiger partial charge is 0.469 e. The van der Waals surface area contributed by atoms with Gasteiger partial charge in [-0.15, -0.1) is 0 Å². The van der Waals surface area contributed by atoms with Gasteiger partial charge in [0.05, 0.1) is 25.4 Å². The summed E-state index contributed by atoms with van der Waals surface area (Å²) in [6, 6.07) is 14.6. The summed E-state index contributed by atoms with van der Waals surface area (Å²) in [6.45, 7) is 111. The third-order valence-electron chi connectivity index (χ3n) is 27.9. The molecule has 0 bridgehead atoms. The van der Waals surface area contributed by atoms with Crippen LogP contribution in [0.1, 0.15) is 583 Å². The summed E-state index contributed by atoms with van der Waals surface area (Å²) >= 11 is 3.98. The molecular weight excluding hydrogens is 1850 g/mol. The normalized spacial score (nSPS) is 13.3. The molecule has 1 aromatic heterocycles. The first-order valence-corrected chi connectivity index (χ1v) is 62.5. The number of amides is 1. The smallest absolute Gasteiger partial charge is 0.305 e. The first kappa shape index (κ1) is 172. The predicted octanol–water partition coefficient (Wildman–Crippen LogP) is 45.1. The Bertz CT molecular complexity index is 2820. The van der Waals surface area contributed by atoms with Crippen LogP contribution in [0.25, 0.3) is 0 Å². The Morgan fingerprint density at radius 1 is 0.401 bits per heavy atom. The molecule has 6 rings (SSSR count). The quantitative estimate of drug-likeness (QED) is 0.0473. The van der Waals surface area contributed by atoms with E-state index in [1.807, 2.05) is 68.8 Å². The Morgan fingerprint density at radius 3 is 0.986 bits per heavy atom. The van der Waals surface area contributed by atoms with Crippen molar-refractivity contribution in [3.05, 3.63) is 66.0 Å². The van der Waals surface area contributed by atoms with Crippen LogP contribution in [0.4, 0.5) is 8.78 Å². The first-order valence-electron chi connectivity index (χ1n) is 60.3. The number of halogens is 2. The number of nitrogens with zero attached hydrogens (tertiary/aromatic N) is 2. The van der Waals surface area contributed by atoms with Crippen molar-refractivity contribution >= 4 is 41.4 Å². The minimum atomic E-state index is -2.11. The number of methoxy groups -OCH3 is 3. The summed E-state index contributed by atoms with van der Waals surface area (Å²) in [5, 5.41) is 0. The molecule has 9 nitrogen and oxygen atoms in total. The van der Waals surface area contributed by atoms with E-state index >= 15 is 0 Å². The lowest BCUT2D eigenvalue weighted by atomic mass is 9.78. The topological polar surface area (TPSA) is 104 Å². The molecule has 4 saturated carbocycles. The molecule has 890 valence electrons. The van der Waals surface area contributed by atoms with Gasteiger partial charge < -0.3 is 23.8 Å². The van der Waals surface area contributed by atoms with Gasteiger partial charge in [0.2, 0.25) is 12.3 Å². The van der Waals surface area contributed by atoms with E-state index in [4.69, 9.17) is 9.47 Å². The van der Waals surface area contributed by atoms with Gasteiger partial charge in [-0.2, -0.15) is 23.5 Å². The number of hydrogen-bond acceptors (Lipinski definition) is 10. The number of ether oxygens (including phenoxy) is 4. The zero-order valence-corrected chi connectivity index (χ0v) is 111. The van der Waals surface area contributed by atoms with Gasteiger partial charge >= 0.3 is 11.9 Å². The highest BCUT2D eigenvalue weighted by Gasteiger charge is 2.26. The van der Waals surface area contributed by atoms with E-state index in [2.05, 4.69) is 376 Å². The number of benzene rings is 1. The zero-order valence-electron chi connectivity index (χ0n) is 110. The lowest BCUT2D eigenvalue weighted by molar-refractivity contribution is -0.141. The van der Waals surface area contributed by atoms with Crippen LogP contribution in [0.3, 0.4) is 0 Å². The molecule has 2 aromatic rings. The van der Waals surface area contributed by atoms with Gasteiger partial charge in [0.15, 0.2) is 0 Å². The second kappa shape index (κ2) is 113. The summed E-state index contributed by atoms with van der Waals surface area (Å²) in [5.74, 6) is 19.4. The number of rotatable bonds is 40. The maximum absolute atomic E-state index is 11.4. The minimum Gasteiger partial charge on any atom is -0.469 e. The monoisotopic (exact) mass is 2130 g/mol. The Hall–Kier alpha value is -2.74. The fourth-order valence-electron chi connectivity index (χ4n) is 13.3. The number of esters is 2. The Kier molecular flexibility index (Phi) is 132. The van der Waals surface area contributed by atoms with Crippen LogP contribution in [0.15, 0.2) is 54.9 Å². The highest BCUT2D eigenvalue weighted by molar-refractivity contribution is 8.00. The average Bonchev–Trinajstić information content (AvgIpc) is 1.75. The third-order valence-corrected chi connectivity index (χ3v) is 30.9. The molecular formula is C134H276F2N2O7S2. The van der Waals surface area contributed by atoms with Crippen LogP contribution in [-0.4, -0.2) is 109 Å². The third kappa shape index (κ3) is 143. The van der Waals surface area contributed by atoms with Crippen LogP contribution in [0, 0.1) is 124 Å². The molecule has 0 spiro atoms. The van der Waals surface area contributed by atoms with E-state index in [0.717, 1.165) is 133 Å². The van der Waals surface area contributed by atoms with Gasteiger partial charge in [-0.3, -0.25) is 19.4 Å². The number of alkyl halides is 2. The molecule has 1 aromatic carbocycles. The van der Waals surface area contributed by atoms with Crippen LogP contribution >= 0.6 is 23.5 Å². The van der Waals surface area contributed by atoms with Crippen LogP contribution in [-0.2, 0) is 39.8 Å². The second-order valence-corrected chi connectivity index (χ2v) is 54.2. The summed E-state index contributed by atoms with van der Waals surface area (Å²) in [7, 11) is 8.19. The van der Waals surface area contributed by atoms with Crippen molar-refractivity contribution in [2.45, 2.75) is 605 Å². The maximum atomic E-state index is 11.4. The summed E-state index contributed by atoms with van der Waals surface area (Å²) in [5.41, 5.74) is 2.84. The maximum Gasteiger partial charge on any atom is 0.305 e. The Labute approximate surface area is 936 Å². The van der Waals surface area contributed by atoms with E-state index in [9.17, 15) is 23.2 Å². The molecule has 0 radical (unpaired) electrons. The van der Waals surface area contributed by atoms with E-state index in [1.54, 1.807) is 26.1 Å². The van der Waals surface area contributed by atoms with E-state index in [1.165, 1.54) is 185 Å². The van der Waals surface area contributed by atoms with Crippen LogP contribution in [0.2, 0.25) is 0 Å². The number of unbranched alkanes of at least 4 members (excludes halogenated alkanes) is 2. The van der Waals surface area contributed by atoms with Crippen molar-refractivity contribution in [2.24, 2.45) is 124 Å². The SMILES string of the molecule is C.CC(C)C1CC1.CC(C)C1CCC1.CC(C)C1CCCC1.CC(C)CC1CCCCC1.CC(C)CCC(=O)N(C)C.CC(C)CCC(F)F.CC(C)Cc1cccnc1.CC(C)c1ccccc1.CCC(C)C.CCCC(C)C.CCCC(C)C.CCCCC(C)C.CCOC(C)(C)C(C)C.CCSC(C)(C)C(C)C.COC(=O)CCC(C)C.COC(=O)CCCCC(C)C.COC(C)(C)C(C)C.CSC(C)(C)C(C)C. The van der Waals surface area contributed by atoms with Gasteiger partial charge in [0.25, 0.3) is 0 Å². The minimum absolute atomic E-state index is 0. The molecule has 4 aliphatic rings. The molecule has 0 atom stereocenters. The van der Waals surface area contributed by atoms with Gasteiger partial charge in [-0.05, 0) is 245 Å². The summed E-state index contributed by atoms with van der Waals surface area (Å²) in [4.78, 5) is 37.8. The number of pyridine rings is 1. The van der Waals surface area contributed by atoms with Crippen LogP contribution in [0.5, 0.6) is 0 Å². The number of aromatic nitrogens is 1.